The van der Waals surface area contributed by atoms with Crippen molar-refractivity contribution >= 4 is 11.8 Å². The zero-order valence-electron chi connectivity index (χ0n) is 16.2. The maximum atomic E-state index is 12.5. The van der Waals surface area contributed by atoms with Crippen LogP contribution in [0.5, 0.6) is 5.75 Å². The van der Waals surface area contributed by atoms with Crippen LogP contribution in [0.3, 0.4) is 0 Å². The first kappa shape index (κ1) is 19.7. The molecule has 0 aliphatic carbocycles. The summed E-state index contributed by atoms with van der Waals surface area (Å²) in [6.45, 7) is 1.10. The Bertz CT molecular complexity index is 922. The normalized spacial score (nSPS) is 17.1. The van der Waals surface area contributed by atoms with E-state index in [1.807, 2.05) is 29.2 Å². The third-order valence-corrected chi connectivity index (χ3v) is 5.00. The number of amides is 2. The molecule has 1 aliphatic rings. The predicted octanol–water partition coefficient (Wildman–Crippen LogP) is 1.70. The lowest BCUT2D eigenvalue weighted by molar-refractivity contribution is -0.131. The maximum Gasteiger partial charge on any atom is 0.252 e. The van der Waals surface area contributed by atoms with Crippen LogP contribution in [0.25, 0.3) is 0 Å². The molecule has 148 valence electrons. The Kier molecular flexibility index (Phi) is 6.13. The van der Waals surface area contributed by atoms with E-state index in [1.54, 1.807) is 14.2 Å². The summed E-state index contributed by atoms with van der Waals surface area (Å²) >= 11 is 0. The van der Waals surface area contributed by atoms with E-state index >= 15 is 0 Å². The predicted molar refractivity (Wildman–Crippen MR) is 105 cm³/mol. The Morgan fingerprint density at radius 3 is 2.79 bits per heavy atom. The summed E-state index contributed by atoms with van der Waals surface area (Å²) in [5.41, 5.74) is 1.29. The molecular weight excluding hydrogens is 358 g/mol. The van der Waals surface area contributed by atoms with Gasteiger partial charge >= 0.3 is 0 Å². The smallest absolute Gasteiger partial charge is 0.252 e. The fourth-order valence-corrected chi connectivity index (χ4v) is 3.34. The van der Waals surface area contributed by atoms with E-state index < -0.39 is 0 Å². The van der Waals surface area contributed by atoms with Crippen LogP contribution in [0.15, 0.2) is 47.4 Å². The molecule has 7 heteroatoms. The summed E-state index contributed by atoms with van der Waals surface area (Å²) in [5.74, 6) is 0.623. The molecule has 3 rings (SSSR count). The highest BCUT2D eigenvalue weighted by molar-refractivity contribution is 5.94. The van der Waals surface area contributed by atoms with E-state index in [0.29, 0.717) is 37.9 Å². The Morgan fingerprint density at radius 2 is 2.04 bits per heavy atom. The van der Waals surface area contributed by atoms with Gasteiger partial charge in [-0.3, -0.25) is 14.4 Å². The van der Waals surface area contributed by atoms with Crippen molar-refractivity contribution in [3.05, 3.63) is 64.1 Å². The summed E-state index contributed by atoms with van der Waals surface area (Å²) in [6, 6.07) is 10.5. The van der Waals surface area contributed by atoms with Gasteiger partial charge in [0.1, 0.15) is 5.75 Å². The molecule has 1 aliphatic heterocycles. The first-order valence-electron chi connectivity index (χ1n) is 9.34. The van der Waals surface area contributed by atoms with Gasteiger partial charge in [-0.15, -0.1) is 0 Å². The Labute approximate surface area is 163 Å². The van der Waals surface area contributed by atoms with E-state index in [9.17, 15) is 14.4 Å². The van der Waals surface area contributed by atoms with Crippen molar-refractivity contribution in [2.24, 2.45) is 7.05 Å². The molecule has 1 N–H and O–H groups in total. The highest BCUT2D eigenvalue weighted by Gasteiger charge is 2.24. The monoisotopic (exact) mass is 383 g/mol. The number of benzene rings is 1. The molecule has 0 spiro atoms. The number of hydrogen-bond acceptors (Lipinski definition) is 4. The summed E-state index contributed by atoms with van der Waals surface area (Å²) < 4.78 is 6.62. The maximum absolute atomic E-state index is 12.5. The number of aromatic nitrogens is 1. The number of carbonyl (C=O) groups is 2. The molecule has 1 unspecified atom stereocenters. The topological polar surface area (TPSA) is 80.6 Å². The van der Waals surface area contributed by atoms with Gasteiger partial charge in [0.25, 0.3) is 5.91 Å². The van der Waals surface area contributed by atoms with Gasteiger partial charge in [0.05, 0.1) is 12.7 Å². The van der Waals surface area contributed by atoms with Crippen molar-refractivity contribution in [1.29, 1.82) is 0 Å². The molecule has 1 saturated heterocycles. The molecule has 1 atom stereocenters. The number of nitrogens with one attached hydrogen (secondary N) is 1. The number of likely N-dealkylation sites (tertiary alicyclic amines) is 1. The molecule has 1 aromatic heterocycles. The third-order valence-electron chi connectivity index (χ3n) is 5.00. The molecule has 7 nitrogen and oxygen atoms in total. The lowest BCUT2D eigenvalue weighted by atomic mass is 10.1. The van der Waals surface area contributed by atoms with Crippen molar-refractivity contribution in [2.75, 3.05) is 13.7 Å². The Morgan fingerprint density at radius 1 is 1.21 bits per heavy atom. The van der Waals surface area contributed by atoms with E-state index in [-0.39, 0.29) is 23.4 Å². The van der Waals surface area contributed by atoms with Gasteiger partial charge in [0.2, 0.25) is 11.5 Å². The SMILES string of the molecule is COc1cccc(CN2CCC(NC(=O)c3ccc(=O)n(C)c3)CCC2=O)c1. The minimum atomic E-state index is -0.228. The molecule has 28 heavy (non-hydrogen) atoms. The van der Waals surface area contributed by atoms with Crippen LogP contribution in [0.2, 0.25) is 0 Å². The molecular formula is C21H25N3O4. The van der Waals surface area contributed by atoms with Crippen LogP contribution in [0.4, 0.5) is 0 Å². The lowest BCUT2D eigenvalue weighted by Crippen LogP contribution is -2.36. The summed E-state index contributed by atoms with van der Waals surface area (Å²) in [7, 11) is 3.23. The van der Waals surface area contributed by atoms with Crippen molar-refractivity contribution in [3.63, 3.8) is 0 Å². The average molecular weight is 383 g/mol. The second kappa shape index (κ2) is 8.73. The molecule has 1 aromatic carbocycles. The van der Waals surface area contributed by atoms with Crippen LogP contribution in [-0.2, 0) is 18.4 Å². The number of methoxy groups -OCH3 is 1. The second-order valence-corrected chi connectivity index (χ2v) is 7.03. The second-order valence-electron chi connectivity index (χ2n) is 7.03. The largest absolute Gasteiger partial charge is 0.497 e. The van der Waals surface area contributed by atoms with Crippen LogP contribution < -0.4 is 15.6 Å². The van der Waals surface area contributed by atoms with Gasteiger partial charge in [-0.05, 0) is 36.6 Å². The quantitative estimate of drug-likeness (QED) is 0.852. The van der Waals surface area contributed by atoms with Crippen molar-refractivity contribution < 1.29 is 14.3 Å². The fourth-order valence-electron chi connectivity index (χ4n) is 3.34. The summed E-state index contributed by atoms with van der Waals surface area (Å²) in [4.78, 5) is 38.3. The molecule has 0 radical (unpaired) electrons. The van der Waals surface area contributed by atoms with Crippen molar-refractivity contribution in [1.82, 2.24) is 14.8 Å². The highest BCUT2D eigenvalue weighted by Crippen LogP contribution is 2.18. The van der Waals surface area contributed by atoms with Crippen LogP contribution >= 0.6 is 0 Å². The zero-order valence-corrected chi connectivity index (χ0v) is 16.2. The van der Waals surface area contributed by atoms with E-state index in [4.69, 9.17) is 4.74 Å². The van der Waals surface area contributed by atoms with Gasteiger partial charge in [0.15, 0.2) is 0 Å². The minimum absolute atomic E-state index is 0.0796. The van der Waals surface area contributed by atoms with Gasteiger partial charge in [0, 0.05) is 44.9 Å². The highest BCUT2D eigenvalue weighted by atomic mass is 16.5. The van der Waals surface area contributed by atoms with E-state index in [1.165, 1.54) is 22.9 Å². The number of nitrogens with zero attached hydrogens (tertiary/aromatic N) is 2. The summed E-state index contributed by atoms with van der Waals surface area (Å²) in [5, 5.41) is 2.99. The Balaban J connectivity index is 1.61. The summed E-state index contributed by atoms with van der Waals surface area (Å²) in [6.07, 6.45) is 3.20. The number of pyridine rings is 1. The first-order valence-corrected chi connectivity index (χ1v) is 9.34. The zero-order chi connectivity index (χ0) is 20.1. The van der Waals surface area contributed by atoms with Gasteiger partial charge in [-0.1, -0.05) is 12.1 Å². The number of aryl methyl sites for hydroxylation is 1. The van der Waals surface area contributed by atoms with Gasteiger partial charge < -0.3 is 19.5 Å². The van der Waals surface area contributed by atoms with Crippen LogP contribution in [0.1, 0.15) is 35.2 Å². The van der Waals surface area contributed by atoms with Crippen molar-refractivity contribution in [3.8, 4) is 5.75 Å². The number of ether oxygens (including phenoxy) is 1. The fraction of sp³-hybridized carbons (Fsp3) is 0.381. The number of rotatable bonds is 5. The molecule has 0 saturated carbocycles. The van der Waals surface area contributed by atoms with Gasteiger partial charge in [-0.2, -0.15) is 0 Å². The minimum Gasteiger partial charge on any atom is -0.497 e. The third kappa shape index (κ3) is 4.79. The van der Waals surface area contributed by atoms with E-state index in [2.05, 4.69) is 5.32 Å². The van der Waals surface area contributed by atoms with E-state index in [0.717, 1.165) is 11.3 Å². The van der Waals surface area contributed by atoms with Gasteiger partial charge in [-0.25, -0.2) is 0 Å². The molecule has 0 bridgehead atoms. The van der Waals surface area contributed by atoms with Crippen LogP contribution in [-0.4, -0.2) is 41.0 Å². The average Bonchev–Trinajstić information content (AvgIpc) is 2.86. The lowest BCUT2D eigenvalue weighted by Gasteiger charge is -2.21. The van der Waals surface area contributed by atoms with Crippen molar-refractivity contribution in [2.45, 2.75) is 31.8 Å². The van der Waals surface area contributed by atoms with Crippen LogP contribution in [0, 0.1) is 0 Å². The first-order chi connectivity index (χ1) is 13.5. The molecule has 1 fully saturated rings. The molecule has 2 amide bonds. The number of hydrogen-bond donors (Lipinski definition) is 1. The molecule has 2 aromatic rings. The standard InChI is InChI=1S/C21H25N3O4/c1-23-14-16(6-8-19(23)25)21(27)22-17-7-9-20(26)24(11-10-17)13-15-4-3-5-18(12-15)28-2/h3-6,8,12,14,17H,7,9-11,13H2,1-2H3,(H,22,27). The molecule has 2 heterocycles. The number of carbonyl (C=O) groups excluding carboxylic acids is 2. The Hall–Kier alpha value is -3.09.